The van der Waals surface area contributed by atoms with E-state index in [0.717, 1.165) is 19.2 Å². The topological polar surface area (TPSA) is 111 Å². The van der Waals surface area contributed by atoms with Crippen LogP contribution in [0.3, 0.4) is 0 Å². The fourth-order valence-corrected chi connectivity index (χ4v) is 2.64. The lowest BCUT2D eigenvalue weighted by Gasteiger charge is -2.08. The summed E-state index contributed by atoms with van der Waals surface area (Å²) < 4.78 is 48.7. The molecule has 0 bridgehead atoms. The number of ether oxygens (including phenoxy) is 1. The first-order valence-electron chi connectivity index (χ1n) is 5.54. The Morgan fingerprint density at radius 1 is 1.43 bits per heavy atom. The standard InChI is InChI=1S/C11H10FN3O5S/c1-6-13-11(20-14-6)15-21(17,18)9-5-7(12)3-4-8(9)10(16)19-2/h3-5H,1-2H3,(H,13,14,15). The van der Waals surface area contributed by atoms with E-state index in [4.69, 9.17) is 0 Å². The summed E-state index contributed by atoms with van der Waals surface area (Å²) >= 11 is 0. The first-order chi connectivity index (χ1) is 9.83. The summed E-state index contributed by atoms with van der Waals surface area (Å²) in [5.74, 6) is -1.54. The number of methoxy groups -OCH3 is 1. The molecular weight excluding hydrogens is 305 g/mol. The third kappa shape index (κ3) is 3.16. The molecule has 1 heterocycles. The molecule has 112 valence electrons. The molecule has 2 aromatic rings. The second-order valence-corrected chi connectivity index (χ2v) is 5.54. The minimum absolute atomic E-state index is 0.208. The molecule has 0 saturated carbocycles. The van der Waals surface area contributed by atoms with E-state index < -0.39 is 32.7 Å². The van der Waals surface area contributed by atoms with Gasteiger partial charge in [0.25, 0.3) is 10.0 Å². The van der Waals surface area contributed by atoms with Crippen LogP contribution in [-0.2, 0) is 14.8 Å². The number of halogens is 1. The highest BCUT2D eigenvalue weighted by Gasteiger charge is 2.25. The van der Waals surface area contributed by atoms with Crippen LogP contribution in [0.1, 0.15) is 16.2 Å². The summed E-state index contributed by atoms with van der Waals surface area (Å²) in [6, 6.07) is 2.25. The number of carbonyl (C=O) groups is 1. The van der Waals surface area contributed by atoms with Crippen LogP contribution >= 0.6 is 0 Å². The van der Waals surface area contributed by atoms with E-state index in [1.807, 2.05) is 4.72 Å². The number of esters is 1. The molecule has 8 nitrogen and oxygen atoms in total. The van der Waals surface area contributed by atoms with Crippen molar-refractivity contribution in [2.75, 3.05) is 11.8 Å². The SMILES string of the molecule is COC(=O)c1ccc(F)cc1S(=O)(=O)Nc1nc(C)no1. The van der Waals surface area contributed by atoms with Gasteiger partial charge in [-0.3, -0.25) is 0 Å². The molecule has 0 unspecified atom stereocenters. The van der Waals surface area contributed by atoms with Crippen molar-refractivity contribution in [3.63, 3.8) is 0 Å². The summed E-state index contributed by atoms with van der Waals surface area (Å²) in [6.07, 6.45) is 0. The van der Waals surface area contributed by atoms with Crippen molar-refractivity contribution >= 4 is 22.0 Å². The van der Waals surface area contributed by atoms with Gasteiger partial charge in [0.1, 0.15) is 10.7 Å². The Morgan fingerprint density at radius 3 is 2.71 bits per heavy atom. The molecule has 10 heteroatoms. The van der Waals surface area contributed by atoms with Gasteiger partial charge in [0.2, 0.25) is 0 Å². The number of anilines is 1. The fourth-order valence-electron chi connectivity index (χ4n) is 1.51. The second kappa shape index (κ2) is 5.48. The number of aryl methyl sites for hydroxylation is 1. The zero-order chi connectivity index (χ0) is 15.6. The Balaban J connectivity index is 2.48. The Kier molecular flexibility index (Phi) is 3.89. The highest BCUT2D eigenvalue weighted by atomic mass is 32.2. The molecule has 1 aromatic carbocycles. The van der Waals surface area contributed by atoms with Gasteiger partial charge in [-0.15, -0.1) is 0 Å². The number of carbonyl (C=O) groups excluding carboxylic acids is 1. The van der Waals surface area contributed by atoms with Crippen molar-refractivity contribution in [3.8, 4) is 0 Å². The van der Waals surface area contributed by atoms with Crippen LogP contribution in [0.25, 0.3) is 0 Å². The Bertz CT molecular complexity index is 787. The lowest BCUT2D eigenvalue weighted by atomic mass is 10.2. The first kappa shape index (κ1) is 14.9. The molecule has 21 heavy (non-hydrogen) atoms. The van der Waals surface area contributed by atoms with Crippen molar-refractivity contribution in [1.82, 2.24) is 10.1 Å². The number of aromatic nitrogens is 2. The molecule has 0 aliphatic rings. The van der Waals surface area contributed by atoms with Gasteiger partial charge in [-0.1, -0.05) is 5.16 Å². The summed E-state index contributed by atoms with van der Waals surface area (Å²) in [7, 11) is -3.22. The van der Waals surface area contributed by atoms with Gasteiger partial charge < -0.3 is 9.26 Å². The quantitative estimate of drug-likeness (QED) is 0.841. The van der Waals surface area contributed by atoms with Crippen molar-refractivity contribution in [3.05, 3.63) is 35.4 Å². The summed E-state index contributed by atoms with van der Waals surface area (Å²) in [4.78, 5) is 14.6. The van der Waals surface area contributed by atoms with E-state index in [1.54, 1.807) is 0 Å². The molecule has 0 saturated heterocycles. The highest BCUT2D eigenvalue weighted by molar-refractivity contribution is 7.92. The second-order valence-electron chi connectivity index (χ2n) is 3.88. The average Bonchev–Trinajstić information content (AvgIpc) is 2.82. The molecule has 0 aliphatic heterocycles. The normalized spacial score (nSPS) is 11.2. The smallest absolute Gasteiger partial charge is 0.339 e. The van der Waals surface area contributed by atoms with Gasteiger partial charge in [-0.05, 0) is 25.1 Å². The summed E-state index contributed by atoms with van der Waals surface area (Å²) in [5, 5.41) is 3.41. The minimum Gasteiger partial charge on any atom is -0.465 e. The fraction of sp³-hybridized carbons (Fsp3) is 0.182. The third-order valence-corrected chi connectivity index (χ3v) is 3.75. The first-order valence-corrected chi connectivity index (χ1v) is 7.03. The predicted molar refractivity (Wildman–Crippen MR) is 67.6 cm³/mol. The van der Waals surface area contributed by atoms with E-state index in [2.05, 4.69) is 19.4 Å². The monoisotopic (exact) mass is 315 g/mol. The van der Waals surface area contributed by atoms with E-state index in [-0.39, 0.29) is 11.4 Å². The number of benzene rings is 1. The summed E-state index contributed by atoms with van der Waals surface area (Å²) in [6.45, 7) is 1.49. The highest BCUT2D eigenvalue weighted by Crippen LogP contribution is 2.21. The van der Waals surface area contributed by atoms with Gasteiger partial charge in [0, 0.05) is 0 Å². The van der Waals surface area contributed by atoms with Crippen LogP contribution in [-0.4, -0.2) is 31.6 Å². The Labute approximate surface area is 119 Å². The van der Waals surface area contributed by atoms with E-state index in [1.165, 1.54) is 6.92 Å². The largest absolute Gasteiger partial charge is 0.465 e. The number of nitrogens with zero attached hydrogens (tertiary/aromatic N) is 2. The average molecular weight is 315 g/mol. The van der Waals surface area contributed by atoms with Crippen LogP contribution in [0.15, 0.2) is 27.6 Å². The lowest BCUT2D eigenvalue weighted by molar-refractivity contribution is 0.0596. The van der Waals surface area contributed by atoms with E-state index >= 15 is 0 Å². The van der Waals surface area contributed by atoms with Crippen LogP contribution in [0.5, 0.6) is 0 Å². The zero-order valence-electron chi connectivity index (χ0n) is 11.0. The molecule has 2 rings (SSSR count). The maximum absolute atomic E-state index is 13.3. The molecule has 0 radical (unpaired) electrons. The number of hydrogen-bond donors (Lipinski definition) is 1. The minimum atomic E-state index is -4.30. The molecule has 1 N–H and O–H groups in total. The number of rotatable bonds is 4. The van der Waals surface area contributed by atoms with E-state index in [9.17, 15) is 17.6 Å². The summed E-state index contributed by atoms with van der Waals surface area (Å²) in [5.41, 5.74) is -0.317. The van der Waals surface area contributed by atoms with Crippen molar-refractivity contribution < 1.29 is 26.9 Å². The molecule has 0 fully saturated rings. The van der Waals surface area contributed by atoms with E-state index in [0.29, 0.717) is 6.07 Å². The molecule has 0 spiro atoms. The van der Waals surface area contributed by atoms with Crippen LogP contribution in [0.2, 0.25) is 0 Å². The molecule has 0 atom stereocenters. The molecule has 0 aliphatic carbocycles. The van der Waals surface area contributed by atoms with Crippen molar-refractivity contribution in [1.29, 1.82) is 0 Å². The number of nitrogens with one attached hydrogen (secondary N) is 1. The maximum Gasteiger partial charge on any atom is 0.339 e. The van der Waals surface area contributed by atoms with Gasteiger partial charge >= 0.3 is 12.0 Å². The van der Waals surface area contributed by atoms with Gasteiger partial charge in [-0.2, -0.15) is 4.98 Å². The van der Waals surface area contributed by atoms with Crippen molar-refractivity contribution in [2.45, 2.75) is 11.8 Å². The maximum atomic E-state index is 13.3. The van der Waals surface area contributed by atoms with Gasteiger partial charge in [0.05, 0.1) is 12.7 Å². The Hall–Kier alpha value is -2.49. The lowest BCUT2D eigenvalue weighted by Crippen LogP contribution is -2.18. The molecular formula is C11H10FN3O5S. The number of hydrogen-bond acceptors (Lipinski definition) is 7. The molecule has 1 aromatic heterocycles. The molecule has 0 amide bonds. The third-order valence-electron chi connectivity index (χ3n) is 2.39. The van der Waals surface area contributed by atoms with Gasteiger partial charge in [-0.25, -0.2) is 22.3 Å². The van der Waals surface area contributed by atoms with Crippen molar-refractivity contribution in [2.24, 2.45) is 0 Å². The zero-order valence-corrected chi connectivity index (χ0v) is 11.8. The van der Waals surface area contributed by atoms with Crippen LogP contribution in [0.4, 0.5) is 10.4 Å². The predicted octanol–water partition coefficient (Wildman–Crippen LogP) is 1.10. The van der Waals surface area contributed by atoms with Gasteiger partial charge in [0.15, 0.2) is 5.82 Å². The number of sulfonamides is 1. The van der Waals surface area contributed by atoms with Crippen LogP contribution < -0.4 is 4.72 Å². The van der Waals surface area contributed by atoms with Crippen LogP contribution in [0, 0.1) is 12.7 Å². The Morgan fingerprint density at radius 2 is 2.14 bits per heavy atom.